The number of hydrogen-bond acceptors (Lipinski definition) is 3. The summed E-state index contributed by atoms with van der Waals surface area (Å²) >= 11 is 6.76. The van der Waals surface area contributed by atoms with E-state index in [1.807, 2.05) is 36.4 Å². The van der Waals surface area contributed by atoms with Crippen LogP contribution in [0.15, 0.2) is 51.4 Å². The summed E-state index contributed by atoms with van der Waals surface area (Å²) in [5, 5.41) is 0. The van der Waals surface area contributed by atoms with Gasteiger partial charge in [0, 0.05) is 20.7 Å². The molecule has 0 aliphatic rings. The van der Waals surface area contributed by atoms with E-state index >= 15 is 0 Å². The van der Waals surface area contributed by atoms with E-state index in [9.17, 15) is 0 Å². The minimum atomic E-state index is 0.461. The summed E-state index contributed by atoms with van der Waals surface area (Å²) in [6, 6.07) is 13.2. The maximum Gasteiger partial charge on any atom is 0.122 e. The number of hydrogen-bond donors (Lipinski definition) is 1. The van der Waals surface area contributed by atoms with E-state index in [1.54, 1.807) is 6.07 Å². The molecule has 3 nitrogen and oxygen atoms in total. The molecule has 0 bridgehead atoms. The van der Waals surface area contributed by atoms with E-state index in [0.717, 1.165) is 20.4 Å². The Hall–Kier alpha value is -1.20. The van der Waals surface area contributed by atoms with E-state index in [-0.39, 0.29) is 0 Å². The highest BCUT2D eigenvalue weighted by atomic mass is 79.9. The van der Waals surface area contributed by atoms with Crippen molar-refractivity contribution >= 4 is 37.5 Å². The number of nitrogens with two attached hydrogens (primary N) is 1. The van der Waals surface area contributed by atoms with Crippen molar-refractivity contribution in [3.63, 3.8) is 0 Å². The lowest BCUT2D eigenvalue weighted by atomic mass is 10.3. The molecule has 0 aliphatic carbocycles. The van der Waals surface area contributed by atoms with Gasteiger partial charge in [-0.2, -0.15) is 0 Å². The third-order valence-corrected chi connectivity index (χ3v) is 3.26. The summed E-state index contributed by atoms with van der Waals surface area (Å²) in [4.78, 5) is 0. The second-order valence-electron chi connectivity index (χ2n) is 3.87. The number of nitrogen functional groups attached to an aromatic ring is 1. The van der Waals surface area contributed by atoms with Crippen molar-refractivity contribution < 1.29 is 9.47 Å². The Morgan fingerprint density at radius 1 is 0.842 bits per heavy atom. The zero-order valence-electron chi connectivity index (χ0n) is 10.1. The van der Waals surface area contributed by atoms with Crippen LogP contribution in [0, 0.1) is 0 Å². The summed E-state index contributed by atoms with van der Waals surface area (Å²) < 4.78 is 13.0. The van der Waals surface area contributed by atoms with Crippen LogP contribution in [-0.4, -0.2) is 13.2 Å². The molecule has 100 valence electrons. The molecule has 0 radical (unpaired) electrons. The van der Waals surface area contributed by atoms with Gasteiger partial charge in [0.2, 0.25) is 0 Å². The maximum atomic E-state index is 5.72. The average molecular weight is 387 g/mol. The van der Waals surface area contributed by atoms with Gasteiger partial charge in [0.15, 0.2) is 0 Å². The molecule has 2 aromatic carbocycles. The van der Waals surface area contributed by atoms with Crippen molar-refractivity contribution in [1.82, 2.24) is 0 Å². The van der Waals surface area contributed by atoms with Crippen LogP contribution in [0.25, 0.3) is 0 Å². The molecule has 0 atom stereocenters. The van der Waals surface area contributed by atoms with Crippen LogP contribution in [0.3, 0.4) is 0 Å². The topological polar surface area (TPSA) is 44.5 Å². The fourth-order valence-electron chi connectivity index (χ4n) is 1.54. The smallest absolute Gasteiger partial charge is 0.122 e. The Morgan fingerprint density at radius 3 is 2.21 bits per heavy atom. The fourth-order valence-corrected chi connectivity index (χ4v) is 2.41. The Labute approximate surface area is 129 Å². The van der Waals surface area contributed by atoms with Crippen LogP contribution < -0.4 is 15.2 Å². The van der Waals surface area contributed by atoms with Gasteiger partial charge >= 0.3 is 0 Å². The molecule has 0 saturated carbocycles. The monoisotopic (exact) mass is 385 g/mol. The van der Waals surface area contributed by atoms with Crippen LogP contribution in [0.4, 0.5) is 5.69 Å². The zero-order valence-corrected chi connectivity index (χ0v) is 13.3. The van der Waals surface area contributed by atoms with Crippen molar-refractivity contribution in [2.45, 2.75) is 0 Å². The summed E-state index contributed by atoms with van der Waals surface area (Å²) in [6.45, 7) is 0.936. The fraction of sp³-hybridized carbons (Fsp3) is 0.143. The largest absolute Gasteiger partial charge is 0.490 e. The molecule has 2 aromatic rings. The predicted molar refractivity (Wildman–Crippen MR) is 83.7 cm³/mol. The second-order valence-corrected chi connectivity index (χ2v) is 5.71. The van der Waals surface area contributed by atoms with Crippen LogP contribution in [0.1, 0.15) is 0 Å². The summed E-state index contributed by atoms with van der Waals surface area (Å²) in [6.07, 6.45) is 0. The van der Waals surface area contributed by atoms with Crippen molar-refractivity contribution in [3.05, 3.63) is 51.4 Å². The molecular weight excluding hydrogens is 374 g/mol. The first-order valence-electron chi connectivity index (χ1n) is 5.71. The normalized spacial score (nSPS) is 10.2. The minimum Gasteiger partial charge on any atom is -0.490 e. The SMILES string of the molecule is Nc1cc(Br)cc(OCCOc2cccc(Br)c2)c1. The van der Waals surface area contributed by atoms with E-state index in [4.69, 9.17) is 15.2 Å². The molecule has 2 rings (SSSR count). The van der Waals surface area contributed by atoms with Gasteiger partial charge in [0.1, 0.15) is 24.7 Å². The van der Waals surface area contributed by atoms with Crippen LogP contribution >= 0.6 is 31.9 Å². The summed E-state index contributed by atoms with van der Waals surface area (Å²) in [5.41, 5.74) is 6.39. The molecule has 0 fully saturated rings. The summed E-state index contributed by atoms with van der Waals surface area (Å²) in [7, 11) is 0. The van der Waals surface area contributed by atoms with Crippen LogP contribution in [0.2, 0.25) is 0 Å². The quantitative estimate of drug-likeness (QED) is 0.617. The lowest BCUT2D eigenvalue weighted by Gasteiger charge is -2.09. The third kappa shape index (κ3) is 4.76. The van der Waals surface area contributed by atoms with Crippen molar-refractivity contribution in [2.24, 2.45) is 0 Å². The van der Waals surface area contributed by atoms with Gasteiger partial charge in [-0.3, -0.25) is 0 Å². The van der Waals surface area contributed by atoms with Gasteiger partial charge in [0.25, 0.3) is 0 Å². The van der Waals surface area contributed by atoms with Gasteiger partial charge in [-0.15, -0.1) is 0 Å². The lowest BCUT2D eigenvalue weighted by Crippen LogP contribution is -2.09. The highest BCUT2D eigenvalue weighted by Crippen LogP contribution is 2.23. The van der Waals surface area contributed by atoms with Crippen molar-refractivity contribution in [3.8, 4) is 11.5 Å². The number of benzene rings is 2. The minimum absolute atomic E-state index is 0.461. The van der Waals surface area contributed by atoms with E-state index in [0.29, 0.717) is 18.9 Å². The Bertz CT molecular complexity index is 541. The Morgan fingerprint density at radius 2 is 1.53 bits per heavy atom. The molecule has 0 aliphatic heterocycles. The van der Waals surface area contributed by atoms with Gasteiger partial charge in [-0.05, 0) is 30.3 Å². The maximum absolute atomic E-state index is 5.72. The molecule has 0 aromatic heterocycles. The van der Waals surface area contributed by atoms with Crippen molar-refractivity contribution in [1.29, 1.82) is 0 Å². The molecule has 0 saturated heterocycles. The number of ether oxygens (including phenoxy) is 2. The highest BCUT2D eigenvalue weighted by molar-refractivity contribution is 9.10. The molecular formula is C14H13Br2NO2. The first kappa shape index (κ1) is 14.2. The van der Waals surface area contributed by atoms with E-state index in [2.05, 4.69) is 31.9 Å². The average Bonchev–Trinajstić information content (AvgIpc) is 2.34. The summed E-state index contributed by atoms with van der Waals surface area (Å²) in [5.74, 6) is 1.54. The zero-order chi connectivity index (χ0) is 13.7. The molecule has 0 amide bonds. The second kappa shape index (κ2) is 6.82. The predicted octanol–water partition coefficient (Wildman–Crippen LogP) is 4.25. The number of rotatable bonds is 5. The van der Waals surface area contributed by atoms with Crippen LogP contribution in [-0.2, 0) is 0 Å². The Kier molecular flexibility index (Phi) is 5.10. The third-order valence-electron chi connectivity index (χ3n) is 2.31. The highest BCUT2D eigenvalue weighted by Gasteiger charge is 1.99. The Balaban J connectivity index is 1.80. The van der Waals surface area contributed by atoms with Crippen LogP contribution in [0.5, 0.6) is 11.5 Å². The molecule has 0 heterocycles. The van der Waals surface area contributed by atoms with Gasteiger partial charge < -0.3 is 15.2 Å². The molecule has 0 unspecified atom stereocenters. The van der Waals surface area contributed by atoms with E-state index < -0.39 is 0 Å². The van der Waals surface area contributed by atoms with E-state index in [1.165, 1.54) is 0 Å². The number of anilines is 1. The standard InChI is InChI=1S/C14H13Br2NO2/c15-10-2-1-3-13(7-10)18-4-5-19-14-8-11(16)6-12(17)9-14/h1-3,6-9H,4-5,17H2. The van der Waals surface area contributed by atoms with Gasteiger partial charge in [0.05, 0.1) is 0 Å². The first-order chi connectivity index (χ1) is 9.13. The van der Waals surface area contributed by atoms with Crippen molar-refractivity contribution in [2.75, 3.05) is 18.9 Å². The molecule has 19 heavy (non-hydrogen) atoms. The first-order valence-corrected chi connectivity index (χ1v) is 7.29. The number of halogens is 2. The molecule has 2 N–H and O–H groups in total. The molecule has 5 heteroatoms. The molecule has 0 spiro atoms. The van der Waals surface area contributed by atoms with Gasteiger partial charge in [-0.25, -0.2) is 0 Å². The van der Waals surface area contributed by atoms with Gasteiger partial charge in [-0.1, -0.05) is 37.9 Å². The lowest BCUT2D eigenvalue weighted by molar-refractivity contribution is 0.217.